The van der Waals surface area contributed by atoms with Crippen molar-refractivity contribution in [1.82, 2.24) is 0 Å². The summed E-state index contributed by atoms with van der Waals surface area (Å²) in [4.78, 5) is 0. The molecule has 0 aliphatic rings. The van der Waals surface area contributed by atoms with Crippen LogP contribution in [0.1, 0.15) is 11.1 Å². The number of methoxy groups -OCH3 is 1. The fraction of sp³-hybridized carbons (Fsp3) is 0.455. The first kappa shape index (κ1) is 17.3. The predicted octanol–water partition coefficient (Wildman–Crippen LogP) is 4.92. The second-order valence-corrected chi connectivity index (χ2v) is 4.59. The van der Waals surface area contributed by atoms with E-state index in [0.29, 0.717) is 6.07 Å². The molecule has 0 amide bonds. The molecule has 114 valence electrons. The van der Waals surface area contributed by atoms with Crippen molar-refractivity contribution < 1.29 is 35.5 Å². The zero-order valence-electron chi connectivity index (χ0n) is 9.87. The molecule has 1 nitrogen and oxygen atoms in total. The highest BCUT2D eigenvalue weighted by molar-refractivity contribution is 14.1. The third kappa shape index (κ3) is 2.82. The third-order valence-corrected chi connectivity index (χ3v) is 3.45. The highest BCUT2D eigenvalue weighted by Gasteiger charge is 2.74. The summed E-state index contributed by atoms with van der Waals surface area (Å²) in [5.74, 6) is -0.809. The van der Waals surface area contributed by atoms with Gasteiger partial charge in [-0.3, -0.25) is 0 Å². The molecule has 0 fully saturated rings. The standard InChI is InChI=1S/C11H8F7IO/c1-20-8-3-2-6(5-19)4-7(8)9(12,10(13,14)15)11(16,17)18/h2-4H,5H2,1H3. The third-order valence-electron chi connectivity index (χ3n) is 2.57. The second-order valence-electron chi connectivity index (χ2n) is 3.82. The van der Waals surface area contributed by atoms with E-state index >= 15 is 0 Å². The normalized spacial score (nSPS) is 13.4. The van der Waals surface area contributed by atoms with E-state index in [1.807, 2.05) is 0 Å². The maximum atomic E-state index is 14.0. The van der Waals surface area contributed by atoms with Crippen molar-refractivity contribution in [2.24, 2.45) is 0 Å². The van der Waals surface area contributed by atoms with Crippen LogP contribution in [-0.2, 0) is 10.1 Å². The van der Waals surface area contributed by atoms with Crippen LogP contribution in [0.5, 0.6) is 5.75 Å². The van der Waals surface area contributed by atoms with Gasteiger partial charge in [-0.05, 0) is 17.7 Å². The molecule has 1 aromatic carbocycles. The van der Waals surface area contributed by atoms with Gasteiger partial charge in [0.2, 0.25) is 0 Å². The molecule has 0 atom stereocenters. The fourth-order valence-corrected chi connectivity index (χ4v) is 2.05. The molecule has 0 bridgehead atoms. The molecule has 0 saturated heterocycles. The van der Waals surface area contributed by atoms with Gasteiger partial charge in [-0.15, -0.1) is 0 Å². The molecule has 0 heterocycles. The predicted molar refractivity (Wildman–Crippen MR) is 65.6 cm³/mol. The van der Waals surface area contributed by atoms with E-state index in [-0.39, 0.29) is 9.99 Å². The first-order chi connectivity index (χ1) is 8.99. The van der Waals surface area contributed by atoms with Crippen molar-refractivity contribution in [2.45, 2.75) is 22.4 Å². The zero-order chi connectivity index (χ0) is 15.8. The summed E-state index contributed by atoms with van der Waals surface area (Å²) in [6.45, 7) is 0. The largest absolute Gasteiger partial charge is 0.496 e. The lowest BCUT2D eigenvalue weighted by Crippen LogP contribution is -2.50. The molecule has 0 radical (unpaired) electrons. The van der Waals surface area contributed by atoms with Gasteiger partial charge in [-0.1, -0.05) is 28.7 Å². The molecule has 0 aliphatic heterocycles. The number of hydrogen-bond donors (Lipinski definition) is 0. The fourth-order valence-electron chi connectivity index (χ4n) is 1.57. The first-order valence-corrected chi connectivity index (χ1v) is 6.57. The Kier molecular flexibility index (Phi) is 4.82. The van der Waals surface area contributed by atoms with E-state index in [1.165, 1.54) is 6.07 Å². The Balaban J connectivity index is 3.66. The summed E-state index contributed by atoms with van der Waals surface area (Å²) < 4.78 is 94.6. The number of alkyl halides is 8. The average Bonchev–Trinajstić information content (AvgIpc) is 2.34. The van der Waals surface area contributed by atoms with Crippen LogP contribution in [0.15, 0.2) is 18.2 Å². The van der Waals surface area contributed by atoms with Crippen LogP contribution < -0.4 is 4.74 Å². The Morgan fingerprint density at radius 1 is 1.00 bits per heavy atom. The molecule has 0 unspecified atom stereocenters. The van der Waals surface area contributed by atoms with Crippen LogP contribution in [-0.4, -0.2) is 19.5 Å². The van der Waals surface area contributed by atoms with E-state index in [2.05, 4.69) is 4.74 Å². The smallest absolute Gasteiger partial charge is 0.436 e. The molecule has 20 heavy (non-hydrogen) atoms. The zero-order valence-corrected chi connectivity index (χ0v) is 12.0. The molecule has 0 saturated carbocycles. The molecular weight excluding hydrogens is 408 g/mol. The lowest BCUT2D eigenvalue weighted by atomic mass is 9.92. The summed E-state index contributed by atoms with van der Waals surface area (Å²) in [5, 5.41) is 0. The summed E-state index contributed by atoms with van der Waals surface area (Å²) in [6, 6.07) is 2.67. The summed E-state index contributed by atoms with van der Waals surface area (Å²) in [7, 11) is 0.871. The van der Waals surface area contributed by atoms with Crippen LogP contribution in [0.3, 0.4) is 0 Å². The lowest BCUT2D eigenvalue weighted by Gasteiger charge is -2.31. The molecular formula is C11H8F7IO. The molecule has 0 spiro atoms. The van der Waals surface area contributed by atoms with Gasteiger partial charge in [-0.2, -0.15) is 26.3 Å². The second kappa shape index (κ2) is 5.57. The first-order valence-electron chi connectivity index (χ1n) is 5.04. The molecule has 1 aromatic rings. The molecule has 0 N–H and O–H groups in total. The number of benzene rings is 1. The minimum absolute atomic E-state index is 0.122. The van der Waals surface area contributed by atoms with Gasteiger partial charge in [0.05, 0.1) is 12.7 Å². The van der Waals surface area contributed by atoms with Gasteiger partial charge in [0.25, 0.3) is 0 Å². The minimum atomic E-state index is -6.15. The Morgan fingerprint density at radius 2 is 1.50 bits per heavy atom. The summed E-state index contributed by atoms with van der Waals surface area (Å²) in [5.41, 5.74) is -6.95. The molecule has 0 aromatic heterocycles. The summed E-state index contributed by atoms with van der Waals surface area (Å²) in [6.07, 6.45) is -12.3. The van der Waals surface area contributed by atoms with E-state index in [1.54, 1.807) is 22.6 Å². The Hall–Kier alpha value is -0.740. The van der Waals surface area contributed by atoms with Crippen LogP contribution >= 0.6 is 22.6 Å². The highest BCUT2D eigenvalue weighted by Crippen LogP contribution is 2.55. The van der Waals surface area contributed by atoms with Crippen molar-refractivity contribution in [3.8, 4) is 5.75 Å². The highest BCUT2D eigenvalue weighted by atomic mass is 127. The van der Waals surface area contributed by atoms with Crippen LogP contribution in [0.2, 0.25) is 0 Å². The van der Waals surface area contributed by atoms with Gasteiger partial charge in [0.1, 0.15) is 5.75 Å². The van der Waals surface area contributed by atoms with E-state index in [4.69, 9.17) is 0 Å². The van der Waals surface area contributed by atoms with Crippen LogP contribution in [0.4, 0.5) is 30.7 Å². The summed E-state index contributed by atoms with van der Waals surface area (Å²) >= 11 is 1.74. The minimum Gasteiger partial charge on any atom is -0.496 e. The number of ether oxygens (including phenoxy) is 1. The van der Waals surface area contributed by atoms with Gasteiger partial charge < -0.3 is 4.74 Å². The van der Waals surface area contributed by atoms with Crippen molar-refractivity contribution in [2.75, 3.05) is 7.11 Å². The topological polar surface area (TPSA) is 9.23 Å². The van der Waals surface area contributed by atoms with E-state index in [9.17, 15) is 30.7 Å². The van der Waals surface area contributed by atoms with Crippen molar-refractivity contribution >= 4 is 22.6 Å². The average molecular weight is 416 g/mol. The number of rotatable bonds is 3. The maximum absolute atomic E-state index is 14.0. The van der Waals surface area contributed by atoms with Gasteiger partial charge in [0.15, 0.2) is 0 Å². The monoisotopic (exact) mass is 416 g/mol. The van der Waals surface area contributed by atoms with Gasteiger partial charge in [0, 0.05) is 4.43 Å². The van der Waals surface area contributed by atoms with E-state index < -0.39 is 29.3 Å². The number of halogens is 8. The molecule has 0 aliphatic carbocycles. The van der Waals surface area contributed by atoms with Crippen molar-refractivity contribution in [3.63, 3.8) is 0 Å². The molecule has 9 heteroatoms. The van der Waals surface area contributed by atoms with Crippen LogP contribution in [0, 0.1) is 0 Å². The van der Waals surface area contributed by atoms with E-state index in [0.717, 1.165) is 13.2 Å². The van der Waals surface area contributed by atoms with Crippen molar-refractivity contribution in [1.29, 1.82) is 0 Å². The van der Waals surface area contributed by atoms with Gasteiger partial charge >= 0.3 is 18.0 Å². The Bertz CT molecular complexity index is 467. The SMILES string of the molecule is COc1ccc(CI)cc1C(F)(C(F)(F)F)C(F)(F)F. The van der Waals surface area contributed by atoms with Crippen LogP contribution in [0.25, 0.3) is 0 Å². The quantitative estimate of drug-likeness (QED) is 0.386. The molecule has 1 rings (SSSR count). The van der Waals surface area contributed by atoms with Gasteiger partial charge in [-0.25, -0.2) is 4.39 Å². The Morgan fingerprint density at radius 3 is 1.85 bits per heavy atom. The number of hydrogen-bond acceptors (Lipinski definition) is 1. The maximum Gasteiger partial charge on any atom is 0.436 e. The Labute approximate surface area is 123 Å². The lowest BCUT2D eigenvalue weighted by molar-refractivity contribution is -0.349. The van der Waals surface area contributed by atoms with Crippen molar-refractivity contribution in [3.05, 3.63) is 29.3 Å².